The van der Waals surface area contributed by atoms with Gasteiger partial charge in [-0.15, -0.1) is 0 Å². The second-order valence-electron chi connectivity index (χ2n) is 17.5. The molecule has 0 aliphatic rings. The van der Waals surface area contributed by atoms with Gasteiger partial charge in [0.05, 0.1) is 11.0 Å². The van der Waals surface area contributed by atoms with Crippen molar-refractivity contribution in [2.45, 2.75) is 0 Å². The van der Waals surface area contributed by atoms with Gasteiger partial charge in [0.1, 0.15) is 22.3 Å². The minimum absolute atomic E-state index is 0.547. The van der Waals surface area contributed by atoms with E-state index < -0.39 is 0 Å². The van der Waals surface area contributed by atoms with Gasteiger partial charge < -0.3 is 13.4 Å². The van der Waals surface area contributed by atoms with Crippen LogP contribution in [0.15, 0.2) is 239 Å². The number of hydrogen-bond acceptors (Lipinski definition) is 5. The van der Waals surface area contributed by atoms with Crippen LogP contribution in [-0.2, 0) is 0 Å². The minimum atomic E-state index is 0.547. The van der Waals surface area contributed by atoms with Gasteiger partial charge >= 0.3 is 0 Å². The quantitative estimate of drug-likeness (QED) is 0.159. The third-order valence-electron chi connectivity index (χ3n) is 13.5. The molecule has 0 saturated carbocycles. The smallest absolute Gasteiger partial charge is 0.164 e. The summed E-state index contributed by atoms with van der Waals surface area (Å²) in [7, 11) is 0. The van der Waals surface area contributed by atoms with Crippen molar-refractivity contribution in [3.05, 3.63) is 231 Å². The van der Waals surface area contributed by atoms with Gasteiger partial charge in [0, 0.05) is 60.8 Å². The molecule has 10 aromatic carbocycles. The molecule has 0 amide bonds. The molecule has 0 N–H and O–H groups in total. The van der Waals surface area contributed by atoms with E-state index in [0.717, 1.165) is 99.5 Å². The number of nitrogens with zero attached hydrogens (tertiary/aromatic N) is 4. The van der Waals surface area contributed by atoms with Crippen molar-refractivity contribution in [3.63, 3.8) is 0 Å². The highest BCUT2D eigenvalue weighted by molar-refractivity contribution is 6.20. The number of rotatable bonds is 7. The monoisotopic (exact) mass is 882 g/mol. The van der Waals surface area contributed by atoms with Gasteiger partial charge in [-0.3, -0.25) is 0 Å². The van der Waals surface area contributed by atoms with Crippen LogP contribution in [0.1, 0.15) is 0 Å². The standard InChI is InChI=1S/C63H38N4O2/c1-4-15-39(16-5-1)41-27-29-43(30-28-41)62-64-61(42-19-8-3-9-20-42)65-63(66-62)45-36-52(60-49-22-11-13-25-55(49)68-58(60)37-45)48-23-14-26-56-59(48)50-33-32-46(38-57(50)69-56)67-53-24-12-10-21-47(53)51-35-44(31-34-54(51)67)40-17-6-2-7-18-40/h1-38H. The topological polar surface area (TPSA) is 69.9 Å². The molecule has 0 aliphatic carbocycles. The molecule has 6 heteroatoms. The summed E-state index contributed by atoms with van der Waals surface area (Å²) < 4.78 is 15.9. The molecule has 69 heavy (non-hydrogen) atoms. The molecule has 4 heterocycles. The summed E-state index contributed by atoms with van der Waals surface area (Å²) in [4.78, 5) is 15.5. The third kappa shape index (κ3) is 6.45. The Bertz CT molecular complexity index is 4290. The zero-order chi connectivity index (χ0) is 45.4. The minimum Gasteiger partial charge on any atom is -0.456 e. The van der Waals surface area contributed by atoms with Crippen molar-refractivity contribution in [1.82, 2.24) is 19.5 Å². The molecule has 14 aromatic rings. The van der Waals surface area contributed by atoms with Crippen molar-refractivity contribution in [1.29, 1.82) is 0 Å². The average molecular weight is 883 g/mol. The summed E-state index contributed by atoms with van der Waals surface area (Å²) in [5.74, 6) is 1.72. The fourth-order valence-corrected chi connectivity index (χ4v) is 10.2. The van der Waals surface area contributed by atoms with Crippen LogP contribution in [0.25, 0.3) is 139 Å². The zero-order valence-corrected chi connectivity index (χ0v) is 37.0. The summed E-state index contributed by atoms with van der Waals surface area (Å²) in [6, 6.07) is 80.3. The first-order valence-corrected chi connectivity index (χ1v) is 23.2. The van der Waals surface area contributed by atoms with E-state index in [2.05, 4.69) is 187 Å². The Morgan fingerprint density at radius 1 is 0.275 bits per heavy atom. The summed E-state index contributed by atoms with van der Waals surface area (Å²) in [5, 5.41) is 6.51. The molecule has 4 aromatic heterocycles. The Hall–Kier alpha value is -9.39. The number of hydrogen-bond donors (Lipinski definition) is 0. The molecule has 0 fully saturated rings. The van der Waals surface area contributed by atoms with Gasteiger partial charge in [0.2, 0.25) is 0 Å². The van der Waals surface area contributed by atoms with Crippen LogP contribution in [0.4, 0.5) is 0 Å². The van der Waals surface area contributed by atoms with E-state index in [4.69, 9.17) is 23.8 Å². The van der Waals surface area contributed by atoms with Gasteiger partial charge in [-0.2, -0.15) is 0 Å². The van der Waals surface area contributed by atoms with E-state index in [1.54, 1.807) is 0 Å². The molecule has 0 saturated heterocycles. The lowest BCUT2D eigenvalue weighted by atomic mass is 9.93. The highest BCUT2D eigenvalue weighted by Crippen LogP contribution is 2.45. The van der Waals surface area contributed by atoms with Crippen molar-refractivity contribution < 1.29 is 8.83 Å². The highest BCUT2D eigenvalue weighted by Gasteiger charge is 2.22. The van der Waals surface area contributed by atoms with Crippen LogP contribution < -0.4 is 0 Å². The number of furan rings is 2. The van der Waals surface area contributed by atoms with Gasteiger partial charge in [-0.25, -0.2) is 15.0 Å². The fourth-order valence-electron chi connectivity index (χ4n) is 10.2. The molecule has 0 spiro atoms. The summed E-state index contributed by atoms with van der Waals surface area (Å²) in [6.45, 7) is 0. The van der Waals surface area contributed by atoms with E-state index in [1.165, 1.54) is 21.9 Å². The number of para-hydroxylation sites is 2. The van der Waals surface area contributed by atoms with Crippen LogP contribution >= 0.6 is 0 Å². The first-order valence-electron chi connectivity index (χ1n) is 23.2. The van der Waals surface area contributed by atoms with Gasteiger partial charge in [0.25, 0.3) is 0 Å². The Morgan fingerprint density at radius 2 is 0.797 bits per heavy atom. The first kappa shape index (κ1) is 38.8. The van der Waals surface area contributed by atoms with Crippen molar-refractivity contribution >= 4 is 65.7 Å². The molecule has 0 atom stereocenters. The lowest BCUT2D eigenvalue weighted by Crippen LogP contribution is -2.00. The van der Waals surface area contributed by atoms with Gasteiger partial charge in [-0.05, 0) is 88.0 Å². The average Bonchev–Trinajstić information content (AvgIpc) is 4.10. The fraction of sp³-hybridized carbons (Fsp3) is 0. The highest BCUT2D eigenvalue weighted by atomic mass is 16.3. The van der Waals surface area contributed by atoms with Crippen LogP contribution in [0.3, 0.4) is 0 Å². The third-order valence-corrected chi connectivity index (χ3v) is 13.5. The normalized spacial score (nSPS) is 11.8. The summed E-state index contributed by atoms with van der Waals surface area (Å²) >= 11 is 0. The number of fused-ring (bicyclic) bond motifs is 9. The van der Waals surface area contributed by atoms with Crippen LogP contribution in [0, 0.1) is 0 Å². The summed E-state index contributed by atoms with van der Waals surface area (Å²) in [6.07, 6.45) is 0. The Labute approximate surface area is 396 Å². The SMILES string of the molecule is c1ccc(-c2ccc(-c3nc(-c4ccccc4)nc(-c4cc(-c5cccc6oc7cc(-n8c9ccccc9c9cc(-c%10ccccc%10)ccc98)ccc7c56)c5c(c4)oc4ccccc45)n3)cc2)cc1. The van der Waals surface area contributed by atoms with E-state index in [0.29, 0.717) is 17.5 Å². The molecule has 0 bridgehead atoms. The number of aromatic nitrogens is 4. The molecule has 0 radical (unpaired) electrons. The van der Waals surface area contributed by atoms with Gasteiger partial charge in [-0.1, -0.05) is 170 Å². The van der Waals surface area contributed by atoms with Crippen molar-refractivity contribution in [3.8, 4) is 73.2 Å². The van der Waals surface area contributed by atoms with E-state index >= 15 is 0 Å². The van der Waals surface area contributed by atoms with Crippen molar-refractivity contribution in [2.75, 3.05) is 0 Å². The second-order valence-corrected chi connectivity index (χ2v) is 17.5. The lowest BCUT2D eigenvalue weighted by Gasteiger charge is -2.12. The molecule has 14 rings (SSSR count). The van der Waals surface area contributed by atoms with Gasteiger partial charge in [0.15, 0.2) is 17.5 Å². The number of benzene rings is 10. The van der Waals surface area contributed by atoms with E-state index in [-0.39, 0.29) is 0 Å². The van der Waals surface area contributed by atoms with Crippen molar-refractivity contribution in [2.24, 2.45) is 0 Å². The Morgan fingerprint density at radius 3 is 1.55 bits per heavy atom. The Balaban J connectivity index is 0.948. The predicted molar refractivity (Wildman–Crippen MR) is 281 cm³/mol. The zero-order valence-electron chi connectivity index (χ0n) is 37.0. The lowest BCUT2D eigenvalue weighted by molar-refractivity contribution is 0.668. The maximum absolute atomic E-state index is 6.85. The molecule has 0 aliphatic heterocycles. The molecule has 0 unspecified atom stereocenters. The Kier molecular flexibility index (Phi) is 8.79. The summed E-state index contributed by atoms with van der Waals surface area (Å²) in [5.41, 5.74) is 15.8. The largest absolute Gasteiger partial charge is 0.456 e. The molecule has 322 valence electrons. The van der Waals surface area contributed by atoms with Crippen LogP contribution in [0.2, 0.25) is 0 Å². The maximum Gasteiger partial charge on any atom is 0.164 e. The maximum atomic E-state index is 6.85. The first-order chi connectivity index (χ1) is 34.2. The van der Waals surface area contributed by atoms with Crippen LogP contribution in [0.5, 0.6) is 0 Å². The molecular weight excluding hydrogens is 845 g/mol. The molecular formula is C63H38N4O2. The van der Waals surface area contributed by atoms with Crippen LogP contribution in [-0.4, -0.2) is 19.5 Å². The van der Waals surface area contributed by atoms with E-state index in [9.17, 15) is 0 Å². The molecule has 6 nitrogen and oxygen atoms in total. The van der Waals surface area contributed by atoms with E-state index in [1.807, 2.05) is 48.5 Å². The predicted octanol–water partition coefficient (Wildman–Crippen LogP) is 16.8. The second kappa shape index (κ2) is 15.6.